The molecule has 0 spiro atoms. The van der Waals surface area contributed by atoms with Crippen molar-refractivity contribution in [3.8, 4) is 11.1 Å². The second-order valence-corrected chi connectivity index (χ2v) is 6.67. The first-order chi connectivity index (χ1) is 13.6. The molecule has 0 fully saturated rings. The minimum atomic E-state index is -0.300. The Bertz CT molecular complexity index is 1180. The van der Waals surface area contributed by atoms with Crippen molar-refractivity contribution in [2.24, 2.45) is 0 Å². The predicted molar refractivity (Wildman–Crippen MR) is 110 cm³/mol. The van der Waals surface area contributed by atoms with E-state index in [0.717, 1.165) is 16.7 Å². The molecule has 0 aliphatic rings. The largest absolute Gasteiger partial charge is 0.336 e. The number of nitrogens with one attached hydrogen (secondary N) is 1. The van der Waals surface area contributed by atoms with Crippen LogP contribution < -0.4 is 5.56 Å². The Balaban J connectivity index is 1.56. The number of H-pyrrole nitrogens is 1. The van der Waals surface area contributed by atoms with Gasteiger partial charge in [-0.25, -0.2) is 5.10 Å². The van der Waals surface area contributed by atoms with E-state index in [2.05, 4.69) is 34.5 Å². The van der Waals surface area contributed by atoms with Gasteiger partial charge in [0.2, 0.25) is 0 Å². The third-order valence-electron chi connectivity index (χ3n) is 4.73. The fourth-order valence-electron chi connectivity index (χ4n) is 3.24. The molecule has 4 rings (SSSR count). The molecule has 0 radical (unpaired) electrons. The number of aromatic amines is 1. The van der Waals surface area contributed by atoms with E-state index in [9.17, 15) is 9.59 Å². The number of carbonyl (C=O) groups is 1. The standard InChI is InChI=1S/C23H19N3O2/c1-26(15-16-11-13-18(14-12-16)17-7-3-2-4-8-17)23(28)21-19-9-5-6-10-20(19)22(27)25-24-21/h2-14H,15H2,1H3,(H,25,27). The Kier molecular flexibility index (Phi) is 4.72. The molecule has 1 N–H and O–H groups in total. The predicted octanol–water partition coefficient (Wildman–Crippen LogP) is 3.86. The van der Waals surface area contributed by atoms with Crippen LogP contribution >= 0.6 is 0 Å². The molecular formula is C23H19N3O2. The highest BCUT2D eigenvalue weighted by atomic mass is 16.2. The zero-order valence-electron chi connectivity index (χ0n) is 15.4. The lowest BCUT2D eigenvalue weighted by Gasteiger charge is -2.17. The molecule has 5 heteroatoms. The van der Waals surface area contributed by atoms with E-state index in [1.807, 2.05) is 30.3 Å². The summed E-state index contributed by atoms with van der Waals surface area (Å²) in [5.41, 5.74) is 3.25. The summed E-state index contributed by atoms with van der Waals surface area (Å²) in [5.74, 6) is -0.236. The van der Waals surface area contributed by atoms with Crippen LogP contribution in [0, 0.1) is 0 Å². The summed E-state index contributed by atoms with van der Waals surface area (Å²) in [4.78, 5) is 26.4. The van der Waals surface area contributed by atoms with Crippen LogP contribution in [-0.2, 0) is 6.54 Å². The van der Waals surface area contributed by atoms with Crippen molar-refractivity contribution in [1.82, 2.24) is 15.1 Å². The molecule has 0 saturated carbocycles. The topological polar surface area (TPSA) is 66.1 Å². The Morgan fingerprint density at radius 1 is 0.857 bits per heavy atom. The molecule has 138 valence electrons. The van der Waals surface area contributed by atoms with Crippen molar-refractivity contribution >= 4 is 16.7 Å². The molecule has 0 aliphatic heterocycles. The van der Waals surface area contributed by atoms with Gasteiger partial charge < -0.3 is 4.90 Å². The Morgan fingerprint density at radius 3 is 2.18 bits per heavy atom. The summed E-state index contributed by atoms with van der Waals surface area (Å²) in [6.07, 6.45) is 0. The van der Waals surface area contributed by atoms with E-state index < -0.39 is 0 Å². The zero-order chi connectivity index (χ0) is 19.5. The van der Waals surface area contributed by atoms with E-state index in [4.69, 9.17) is 0 Å². The smallest absolute Gasteiger partial charge is 0.274 e. The van der Waals surface area contributed by atoms with Crippen LogP contribution in [0.2, 0.25) is 0 Å². The molecule has 0 bridgehead atoms. The van der Waals surface area contributed by atoms with E-state index in [-0.39, 0.29) is 17.2 Å². The van der Waals surface area contributed by atoms with Gasteiger partial charge in [-0.15, -0.1) is 0 Å². The number of hydrogen-bond acceptors (Lipinski definition) is 3. The van der Waals surface area contributed by atoms with Gasteiger partial charge in [-0.1, -0.05) is 72.8 Å². The van der Waals surface area contributed by atoms with Crippen LogP contribution in [0.25, 0.3) is 21.9 Å². The SMILES string of the molecule is CN(Cc1ccc(-c2ccccc2)cc1)C(=O)c1n[nH]c(=O)c2ccccc12. The monoisotopic (exact) mass is 369 g/mol. The van der Waals surface area contributed by atoms with Gasteiger partial charge in [0, 0.05) is 19.0 Å². The average molecular weight is 369 g/mol. The fraction of sp³-hybridized carbons (Fsp3) is 0.0870. The molecule has 0 atom stereocenters. The number of benzene rings is 3. The molecule has 4 aromatic rings. The molecule has 1 amide bonds. The van der Waals surface area contributed by atoms with E-state index in [0.29, 0.717) is 17.3 Å². The van der Waals surface area contributed by atoms with Gasteiger partial charge >= 0.3 is 0 Å². The minimum absolute atomic E-state index is 0.236. The quantitative estimate of drug-likeness (QED) is 0.594. The number of nitrogens with zero attached hydrogens (tertiary/aromatic N) is 2. The number of rotatable bonds is 4. The van der Waals surface area contributed by atoms with Gasteiger partial charge in [-0.05, 0) is 22.8 Å². The van der Waals surface area contributed by atoms with Gasteiger partial charge in [-0.2, -0.15) is 5.10 Å². The molecule has 28 heavy (non-hydrogen) atoms. The van der Waals surface area contributed by atoms with Gasteiger partial charge in [-0.3, -0.25) is 9.59 Å². The van der Waals surface area contributed by atoms with Crippen molar-refractivity contribution in [2.45, 2.75) is 6.54 Å². The van der Waals surface area contributed by atoms with Gasteiger partial charge in [0.15, 0.2) is 5.69 Å². The average Bonchev–Trinajstić information content (AvgIpc) is 2.75. The van der Waals surface area contributed by atoms with Crippen LogP contribution in [0.5, 0.6) is 0 Å². The van der Waals surface area contributed by atoms with E-state index in [1.54, 1.807) is 36.2 Å². The lowest BCUT2D eigenvalue weighted by atomic mass is 10.0. The molecule has 0 unspecified atom stereocenters. The molecule has 1 heterocycles. The lowest BCUT2D eigenvalue weighted by molar-refractivity contribution is 0.0780. The third-order valence-corrected chi connectivity index (χ3v) is 4.73. The summed E-state index contributed by atoms with van der Waals surface area (Å²) in [5, 5.41) is 7.43. The van der Waals surface area contributed by atoms with Crippen LogP contribution in [0.4, 0.5) is 0 Å². The highest BCUT2D eigenvalue weighted by Crippen LogP contribution is 2.20. The molecule has 0 aliphatic carbocycles. The number of fused-ring (bicyclic) bond motifs is 1. The first-order valence-electron chi connectivity index (χ1n) is 9.01. The minimum Gasteiger partial charge on any atom is -0.336 e. The number of amides is 1. The van der Waals surface area contributed by atoms with Crippen molar-refractivity contribution in [1.29, 1.82) is 0 Å². The normalized spacial score (nSPS) is 10.8. The molecule has 5 nitrogen and oxygen atoms in total. The molecular weight excluding hydrogens is 350 g/mol. The van der Waals surface area contributed by atoms with Gasteiger partial charge in [0.05, 0.1) is 5.39 Å². The van der Waals surface area contributed by atoms with Gasteiger partial charge in [0.25, 0.3) is 11.5 Å². The summed E-state index contributed by atoms with van der Waals surface area (Å²) in [7, 11) is 1.73. The highest BCUT2D eigenvalue weighted by molar-refractivity contribution is 6.04. The van der Waals surface area contributed by atoms with Crippen molar-refractivity contribution in [3.05, 3.63) is 100 Å². The maximum atomic E-state index is 12.9. The van der Waals surface area contributed by atoms with Crippen molar-refractivity contribution in [2.75, 3.05) is 7.05 Å². The number of hydrogen-bond donors (Lipinski definition) is 1. The third kappa shape index (κ3) is 3.42. The van der Waals surface area contributed by atoms with Crippen LogP contribution in [-0.4, -0.2) is 28.1 Å². The second kappa shape index (κ2) is 7.48. The summed E-state index contributed by atoms with van der Waals surface area (Å²) < 4.78 is 0. The maximum Gasteiger partial charge on any atom is 0.274 e. The van der Waals surface area contributed by atoms with Crippen molar-refractivity contribution < 1.29 is 4.79 Å². The highest BCUT2D eigenvalue weighted by Gasteiger charge is 2.18. The molecule has 3 aromatic carbocycles. The number of aromatic nitrogens is 2. The molecule has 1 aromatic heterocycles. The second-order valence-electron chi connectivity index (χ2n) is 6.67. The van der Waals surface area contributed by atoms with Gasteiger partial charge in [0.1, 0.15) is 0 Å². The van der Waals surface area contributed by atoms with Crippen LogP contribution in [0.15, 0.2) is 83.7 Å². The zero-order valence-corrected chi connectivity index (χ0v) is 15.4. The summed E-state index contributed by atoms with van der Waals surface area (Å²) >= 11 is 0. The van der Waals surface area contributed by atoms with Crippen LogP contribution in [0.1, 0.15) is 16.1 Å². The first kappa shape index (κ1) is 17.7. The summed E-state index contributed by atoms with van der Waals surface area (Å²) in [6.45, 7) is 0.447. The lowest BCUT2D eigenvalue weighted by Crippen LogP contribution is -2.28. The van der Waals surface area contributed by atoms with E-state index in [1.165, 1.54) is 0 Å². The Morgan fingerprint density at radius 2 is 1.46 bits per heavy atom. The molecule has 0 saturated heterocycles. The summed E-state index contributed by atoms with van der Waals surface area (Å²) in [6, 6.07) is 25.3. The Hall–Kier alpha value is -3.73. The van der Waals surface area contributed by atoms with Crippen LogP contribution in [0.3, 0.4) is 0 Å². The first-order valence-corrected chi connectivity index (χ1v) is 9.01. The fourth-order valence-corrected chi connectivity index (χ4v) is 3.24. The van der Waals surface area contributed by atoms with Crippen molar-refractivity contribution in [3.63, 3.8) is 0 Å². The van der Waals surface area contributed by atoms with E-state index >= 15 is 0 Å². The number of carbonyl (C=O) groups excluding carboxylic acids is 1. The maximum absolute atomic E-state index is 12.9. The Labute approximate surface area is 162 Å².